The molecule has 1 aliphatic heterocycles. The average molecular weight is 461 g/mol. The molecule has 3 rings (SSSR count). The van der Waals surface area contributed by atoms with Crippen LogP contribution in [0.25, 0.3) is 0 Å². The number of carbonyl (C=O) groups is 1. The molecule has 1 saturated heterocycles. The summed E-state index contributed by atoms with van der Waals surface area (Å²) in [6.45, 7) is 3.16. The van der Waals surface area contributed by atoms with Crippen molar-refractivity contribution >= 4 is 15.9 Å². The Morgan fingerprint density at radius 2 is 1.59 bits per heavy atom. The van der Waals surface area contributed by atoms with Crippen LogP contribution in [0.1, 0.15) is 29.5 Å². The maximum absolute atomic E-state index is 13.0. The monoisotopic (exact) mass is 460 g/mol. The fraction of sp³-hybridized carbons (Fsp3) is 0.458. The third-order valence-corrected chi connectivity index (χ3v) is 7.76. The van der Waals surface area contributed by atoms with Crippen molar-refractivity contribution in [2.24, 2.45) is 5.92 Å². The van der Waals surface area contributed by atoms with Gasteiger partial charge in [-0.1, -0.05) is 35.9 Å². The maximum atomic E-state index is 13.0. The zero-order valence-electron chi connectivity index (χ0n) is 19.2. The molecule has 7 nitrogen and oxygen atoms in total. The predicted octanol–water partition coefficient (Wildman–Crippen LogP) is 3.21. The van der Waals surface area contributed by atoms with Crippen LogP contribution in [-0.2, 0) is 27.1 Å². The number of benzene rings is 2. The number of nitrogens with zero attached hydrogens (tertiary/aromatic N) is 2. The Morgan fingerprint density at radius 1 is 1.00 bits per heavy atom. The van der Waals surface area contributed by atoms with E-state index in [1.807, 2.05) is 49.4 Å². The second kappa shape index (κ2) is 10.4. The van der Waals surface area contributed by atoms with Gasteiger partial charge in [-0.2, -0.15) is 0 Å². The molecule has 1 amide bonds. The van der Waals surface area contributed by atoms with Gasteiger partial charge in [-0.25, -0.2) is 12.7 Å². The van der Waals surface area contributed by atoms with E-state index in [2.05, 4.69) is 0 Å². The number of aryl methyl sites for hydroxylation is 1. The maximum Gasteiger partial charge on any atom is 0.225 e. The number of methoxy groups -OCH3 is 2. The predicted molar refractivity (Wildman–Crippen MR) is 124 cm³/mol. The Morgan fingerprint density at radius 3 is 2.19 bits per heavy atom. The normalized spacial score (nSPS) is 15.4. The molecule has 0 radical (unpaired) electrons. The highest BCUT2D eigenvalue weighted by Crippen LogP contribution is 2.29. The molecule has 0 aliphatic carbocycles. The van der Waals surface area contributed by atoms with E-state index >= 15 is 0 Å². The fourth-order valence-electron chi connectivity index (χ4n) is 4.01. The molecule has 32 heavy (non-hydrogen) atoms. The van der Waals surface area contributed by atoms with Crippen molar-refractivity contribution in [1.29, 1.82) is 0 Å². The van der Waals surface area contributed by atoms with Crippen molar-refractivity contribution in [2.45, 2.75) is 32.1 Å². The SMILES string of the molecule is COc1ccc(CN(C)C(=O)C2CCN(S(=O)(=O)Cc3ccc(C)cc3)CC2)cc1OC. The summed E-state index contributed by atoms with van der Waals surface area (Å²) in [6.07, 6.45) is 1.06. The first-order valence-electron chi connectivity index (χ1n) is 10.7. The van der Waals surface area contributed by atoms with Gasteiger partial charge in [0, 0.05) is 32.6 Å². The van der Waals surface area contributed by atoms with Crippen LogP contribution in [0.2, 0.25) is 0 Å². The minimum absolute atomic E-state index is 0.00883. The molecule has 8 heteroatoms. The lowest BCUT2D eigenvalue weighted by atomic mass is 9.96. The summed E-state index contributed by atoms with van der Waals surface area (Å²) in [5.74, 6) is 1.12. The Kier molecular flexibility index (Phi) is 7.79. The number of piperidine rings is 1. The second-order valence-electron chi connectivity index (χ2n) is 8.30. The highest BCUT2D eigenvalue weighted by molar-refractivity contribution is 7.88. The minimum Gasteiger partial charge on any atom is -0.493 e. The summed E-state index contributed by atoms with van der Waals surface area (Å²) in [5, 5.41) is 0. The van der Waals surface area contributed by atoms with E-state index < -0.39 is 10.0 Å². The van der Waals surface area contributed by atoms with Crippen molar-refractivity contribution in [1.82, 2.24) is 9.21 Å². The Labute approximate surface area is 191 Å². The van der Waals surface area contributed by atoms with Crippen LogP contribution in [0.15, 0.2) is 42.5 Å². The summed E-state index contributed by atoms with van der Waals surface area (Å²) in [6, 6.07) is 13.1. The van der Waals surface area contributed by atoms with Gasteiger partial charge in [0.2, 0.25) is 15.9 Å². The van der Waals surface area contributed by atoms with Gasteiger partial charge in [0.1, 0.15) is 0 Å². The fourth-order valence-corrected chi connectivity index (χ4v) is 5.57. The van der Waals surface area contributed by atoms with E-state index in [4.69, 9.17) is 9.47 Å². The van der Waals surface area contributed by atoms with Crippen molar-refractivity contribution in [3.8, 4) is 11.5 Å². The molecule has 174 valence electrons. The molecule has 0 saturated carbocycles. The summed E-state index contributed by atoms with van der Waals surface area (Å²) in [7, 11) is 1.54. The minimum atomic E-state index is -3.40. The summed E-state index contributed by atoms with van der Waals surface area (Å²) >= 11 is 0. The van der Waals surface area contributed by atoms with Crippen LogP contribution < -0.4 is 9.47 Å². The van der Waals surface area contributed by atoms with Gasteiger partial charge in [-0.15, -0.1) is 0 Å². The number of hydrogen-bond donors (Lipinski definition) is 0. The highest BCUT2D eigenvalue weighted by atomic mass is 32.2. The van der Waals surface area contributed by atoms with Crippen LogP contribution in [0, 0.1) is 12.8 Å². The van der Waals surface area contributed by atoms with Gasteiger partial charge in [0.15, 0.2) is 11.5 Å². The first-order valence-corrected chi connectivity index (χ1v) is 12.3. The van der Waals surface area contributed by atoms with E-state index in [0.717, 1.165) is 16.7 Å². The Bertz CT molecular complexity index is 1030. The van der Waals surface area contributed by atoms with E-state index in [0.29, 0.717) is 44.0 Å². The Hall–Kier alpha value is -2.58. The van der Waals surface area contributed by atoms with Gasteiger partial charge >= 0.3 is 0 Å². The molecule has 0 N–H and O–H groups in total. The third-order valence-electron chi connectivity index (χ3n) is 5.91. The molecular weight excluding hydrogens is 428 g/mol. The number of hydrogen-bond acceptors (Lipinski definition) is 5. The summed E-state index contributed by atoms with van der Waals surface area (Å²) < 4.78 is 37.7. The van der Waals surface area contributed by atoms with Gasteiger partial charge in [0.05, 0.1) is 20.0 Å². The lowest BCUT2D eigenvalue weighted by Gasteiger charge is -2.32. The van der Waals surface area contributed by atoms with Crippen molar-refractivity contribution < 1.29 is 22.7 Å². The molecule has 0 spiro atoms. The zero-order valence-corrected chi connectivity index (χ0v) is 20.0. The quantitative estimate of drug-likeness (QED) is 0.605. The molecule has 2 aromatic carbocycles. The molecule has 1 fully saturated rings. The van der Waals surface area contributed by atoms with E-state index in [1.54, 1.807) is 26.2 Å². The van der Waals surface area contributed by atoms with E-state index in [9.17, 15) is 13.2 Å². The standard InChI is InChI=1S/C24H32N2O5S/c1-18-5-7-19(8-6-18)17-32(28,29)26-13-11-21(12-14-26)24(27)25(2)16-20-9-10-22(30-3)23(15-20)31-4/h5-10,15,21H,11-14,16-17H2,1-4H3. The van der Waals surface area contributed by atoms with Crippen LogP contribution in [0.3, 0.4) is 0 Å². The molecule has 0 atom stereocenters. The number of ether oxygens (including phenoxy) is 2. The average Bonchev–Trinajstić information content (AvgIpc) is 2.80. The number of rotatable bonds is 8. The van der Waals surface area contributed by atoms with Crippen molar-refractivity contribution in [3.05, 3.63) is 59.2 Å². The lowest BCUT2D eigenvalue weighted by Crippen LogP contribution is -2.43. The highest BCUT2D eigenvalue weighted by Gasteiger charge is 2.32. The topological polar surface area (TPSA) is 76.2 Å². The zero-order chi connectivity index (χ0) is 23.3. The summed E-state index contributed by atoms with van der Waals surface area (Å²) in [5.41, 5.74) is 2.82. The van der Waals surface area contributed by atoms with Gasteiger partial charge < -0.3 is 14.4 Å². The van der Waals surface area contributed by atoms with Crippen molar-refractivity contribution in [2.75, 3.05) is 34.4 Å². The molecule has 0 unspecified atom stereocenters. The third kappa shape index (κ3) is 5.81. The van der Waals surface area contributed by atoms with Gasteiger partial charge in [0.25, 0.3) is 0 Å². The smallest absolute Gasteiger partial charge is 0.225 e. The van der Waals surface area contributed by atoms with Crippen LogP contribution in [0.4, 0.5) is 0 Å². The molecule has 1 aliphatic rings. The Balaban J connectivity index is 1.56. The van der Waals surface area contributed by atoms with Crippen LogP contribution >= 0.6 is 0 Å². The first-order chi connectivity index (χ1) is 15.2. The number of amides is 1. The van der Waals surface area contributed by atoms with Crippen LogP contribution in [-0.4, -0.2) is 57.9 Å². The molecule has 2 aromatic rings. The molecular formula is C24H32N2O5S. The molecule has 0 bridgehead atoms. The largest absolute Gasteiger partial charge is 0.493 e. The molecule has 1 heterocycles. The lowest BCUT2D eigenvalue weighted by molar-refractivity contribution is -0.135. The van der Waals surface area contributed by atoms with Gasteiger partial charge in [-0.05, 0) is 43.0 Å². The second-order valence-corrected chi connectivity index (χ2v) is 10.3. The van der Waals surface area contributed by atoms with E-state index in [1.165, 1.54) is 4.31 Å². The van der Waals surface area contributed by atoms with Crippen molar-refractivity contribution in [3.63, 3.8) is 0 Å². The number of carbonyl (C=O) groups excluding carboxylic acids is 1. The number of sulfonamides is 1. The van der Waals surface area contributed by atoms with Crippen LogP contribution in [0.5, 0.6) is 11.5 Å². The van der Waals surface area contributed by atoms with Gasteiger partial charge in [-0.3, -0.25) is 4.79 Å². The first kappa shape index (κ1) is 24.1. The van der Waals surface area contributed by atoms with E-state index in [-0.39, 0.29) is 17.6 Å². The summed E-state index contributed by atoms with van der Waals surface area (Å²) in [4.78, 5) is 14.7. The molecule has 0 aromatic heterocycles.